The fourth-order valence-electron chi connectivity index (χ4n) is 2.21. The van der Waals surface area contributed by atoms with E-state index in [-0.39, 0.29) is 11.8 Å². The van der Waals surface area contributed by atoms with E-state index in [0.29, 0.717) is 11.5 Å². The van der Waals surface area contributed by atoms with Gasteiger partial charge in [-0.15, -0.1) is 0 Å². The molecule has 1 N–H and O–H groups in total. The Balaban J connectivity index is 2.08. The predicted octanol–water partition coefficient (Wildman–Crippen LogP) is 4.58. The fourth-order valence-corrected chi connectivity index (χ4v) is 2.21. The first-order chi connectivity index (χ1) is 11.9. The number of halogens is 1. The van der Waals surface area contributed by atoms with Crippen molar-refractivity contribution in [1.82, 2.24) is 0 Å². The summed E-state index contributed by atoms with van der Waals surface area (Å²) in [5.74, 6) is 0.351. The molecule has 25 heavy (non-hydrogen) atoms. The van der Waals surface area contributed by atoms with Crippen LogP contribution in [0.5, 0.6) is 11.5 Å². The molecule has 0 radical (unpaired) electrons. The molecule has 0 aliphatic heterocycles. The number of anilines is 1. The molecule has 0 atom stereocenters. The van der Waals surface area contributed by atoms with Crippen LogP contribution in [-0.4, -0.2) is 19.1 Å². The lowest BCUT2D eigenvalue weighted by molar-refractivity contribution is -0.111. The van der Waals surface area contributed by atoms with Crippen LogP contribution >= 0.6 is 0 Å². The molecule has 0 aliphatic rings. The third-order valence-corrected chi connectivity index (χ3v) is 3.36. The molecule has 0 saturated heterocycles. The SMILES string of the molecule is COc1cc(C=CC(=O)Nc2ccc(C)cc2F)ccc1OC(C)C. The highest BCUT2D eigenvalue weighted by Gasteiger charge is 2.07. The molecular formula is C20H22FNO3. The highest BCUT2D eigenvalue weighted by molar-refractivity contribution is 6.02. The van der Waals surface area contributed by atoms with Crippen LogP contribution in [0.2, 0.25) is 0 Å². The molecule has 2 aromatic rings. The number of aryl methyl sites for hydroxylation is 1. The second-order valence-electron chi connectivity index (χ2n) is 5.88. The molecule has 0 saturated carbocycles. The van der Waals surface area contributed by atoms with Crippen molar-refractivity contribution in [2.75, 3.05) is 12.4 Å². The average molecular weight is 343 g/mol. The molecular weight excluding hydrogens is 321 g/mol. The monoisotopic (exact) mass is 343 g/mol. The molecule has 5 heteroatoms. The Bertz CT molecular complexity index is 785. The van der Waals surface area contributed by atoms with Crippen molar-refractivity contribution in [1.29, 1.82) is 0 Å². The standard InChI is InChI=1S/C20H22FNO3/c1-13(2)25-18-9-6-15(12-19(18)24-4)7-10-20(23)22-17-8-5-14(3)11-16(17)21/h5-13H,1-4H3,(H,22,23). The molecule has 0 fully saturated rings. The Morgan fingerprint density at radius 2 is 1.92 bits per heavy atom. The Morgan fingerprint density at radius 3 is 2.56 bits per heavy atom. The van der Waals surface area contributed by atoms with Crippen molar-refractivity contribution < 1.29 is 18.7 Å². The van der Waals surface area contributed by atoms with Gasteiger partial charge in [0.15, 0.2) is 11.5 Å². The minimum absolute atomic E-state index is 0.0328. The van der Waals surface area contributed by atoms with Crippen molar-refractivity contribution in [3.8, 4) is 11.5 Å². The van der Waals surface area contributed by atoms with Gasteiger partial charge in [0, 0.05) is 6.08 Å². The summed E-state index contributed by atoms with van der Waals surface area (Å²) in [6.45, 7) is 5.65. The summed E-state index contributed by atoms with van der Waals surface area (Å²) in [6.07, 6.45) is 3.01. The number of benzene rings is 2. The quantitative estimate of drug-likeness (QED) is 0.781. The maximum atomic E-state index is 13.8. The smallest absolute Gasteiger partial charge is 0.248 e. The minimum atomic E-state index is -0.460. The zero-order valence-corrected chi connectivity index (χ0v) is 14.8. The van der Waals surface area contributed by atoms with Gasteiger partial charge >= 0.3 is 0 Å². The zero-order valence-electron chi connectivity index (χ0n) is 14.8. The summed E-state index contributed by atoms with van der Waals surface area (Å²) in [5, 5.41) is 2.52. The van der Waals surface area contributed by atoms with Crippen LogP contribution in [-0.2, 0) is 4.79 Å². The second-order valence-corrected chi connectivity index (χ2v) is 5.88. The van der Waals surface area contributed by atoms with Crippen LogP contribution in [0.3, 0.4) is 0 Å². The van der Waals surface area contributed by atoms with Crippen LogP contribution in [0.25, 0.3) is 6.08 Å². The average Bonchev–Trinajstić information content (AvgIpc) is 2.56. The molecule has 0 aromatic heterocycles. The number of hydrogen-bond donors (Lipinski definition) is 1. The van der Waals surface area contributed by atoms with E-state index in [1.54, 1.807) is 38.3 Å². The van der Waals surface area contributed by atoms with Gasteiger partial charge < -0.3 is 14.8 Å². The Labute approximate surface area is 147 Å². The van der Waals surface area contributed by atoms with Gasteiger partial charge in [0.25, 0.3) is 0 Å². The van der Waals surface area contributed by atoms with Gasteiger partial charge in [-0.05, 0) is 62.2 Å². The molecule has 0 aliphatic carbocycles. The lowest BCUT2D eigenvalue weighted by Gasteiger charge is -2.13. The van der Waals surface area contributed by atoms with Gasteiger partial charge in [-0.1, -0.05) is 12.1 Å². The minimum Gasteiger partial charge on any atom is -0.493 e. The van der Waals surface area contributed by atoms with Crippen LogP contribution in [0.15, 0.2) is 42.5 Å². The van der Waals surface area contributed by atoms with Crippen molar-refractivity contribution in [2.24, 2.45) is 0 Å². The van der Waals surface area contributed by atoms with E-state index in [1.807, 2.05) is 19.9 Å². The van der Waals surface area contributed by atoms with E-state index in [2.05, 4.69) is 5.32 Å². The summed E-state index contributed by atoms with van der Waals surface area (Å²) < 4.78 is 24.7. The first kappa shape index (κ1) is 18.5. The van der Waals surface area contributed by atoms with E-state index in [4.69, 9.17) is 9.47 Å². The van der Waals surface area contributed by atoms with Crippen molar-refractivity contribution in [2.45, 2.75) is 26.9 Å². The van der Waals surface area contributed by atoms with Gasteiger partial charge in [-0.25, -0.2) is 4.39 Å². The highest BCUT2D eigenvalue weighted by atomic mass is 19.1. The summed E-state index contributed by atoms with van der Waals surface area (Å²) >= 11 is 0. The molecule has 2 aromatic carbocycles. The van der Waals surface area contributed by atoms with Crippen LogP contribution in [0.1, 0.15) is 25.0 Å². The van der Waals surface area contributed by atoms with Gasteiger partial charge in [0.1, 0.15) is 5.82 Å². The van der Waals surface area contributed by atoms with Gasteiger partial charge in [0.05, 0.1) is 18.9 Å². The molecule has 1 amide bonds. The predicted molar refractivity (Wildman–Crippen MR) is 97.6 cm³/mol. The number of rotatable bonds is 6. The number of amides is 1. The molecule has 4 nitrogen and oxygen atoms in total. The first-order valence-corrected chi connectivity index (χ1v) is 7.99. The zero-order chi connectivity index (χ0) is 18.4. The maximum Gasteiger partial charge on any atom is 0.248 e. The third-order valence-electron chi connectivity index (χ3n) is 3.36. The molecule has 2 rings (SSSR count). The van der Waals surface area contributed by atoms with E-state index < -0.39 is 11.7 Å². The summed E-state index contributed by atoms with van der Waals surface area (Å²) in [7, 11) is 1.56. The lowest BCUT2D eigenvalue weighted by Crippen LogP contribution is -2.09. The molecule has 0 spiro atoms. The summed E-state index contributed by atoms with van der Waals surface area (Å²) in [4.78, 5) is 12.0. The normalized spacial score (nSPS) is 11.0. The van der Waals surface area contributed by atoms with Crippen molar-refractivity contribution >= 4 is 17.7 Å². The molecule has 0 heterocycles. The van der Waals surface area contributed by atoms with E-state index in [9.17, 15) is 9.18 Å². The summed E-state index contributed by atoms with van der Waals surface area (Å²) in [6, 6.07) is 10.0. The number of ether oxygens (including phenoxy) is 2. The molecule has 0 unspecified atom stereocenters. The van der Waals surface area contributed by atoms with E-state index in [1.165, 1.54) is 18.2 Å². The topological polar surface area (TPSA) is 47.6 Å². The Kier molecular flexibility index (Phi) is 6.17. The van der Waals surface area contributed by atoms with Crippen LogP contribution in [0.4, 0.5) is 10.1 Å². The number of carbonyl (C=O) groups excluding carboxylic acids is 1. The van der Waals surface area contributed by atoms with Crippen LogP contribution in [0, 0.1) is 12.7 Å². The van der Waals surface area contributed by atoms with Crippen molar-refractivity contribution in [3.63, 3.8) is 0 Å². The third kappa shape index (κ3) is 5.35. The molecule has 132 valence electrons. The maximum absolute atomic E-state index is 13.8. The lowest BCUT2D eigenvalue weighted by atomic mass is 10.2. The second kappa shape index (κ2) is 8.33. The fraction of sp³-hybridized carbons (Fsp3) is 0.250. The number of carbonyl (C=O) groups is 1. The van der Waals surface area contributed by atoms with Crippen LogP contribution < -0.4 is 14.8 Å². The van der Waals surface area contributed by atoms with Gasteiger partial charge in [-0.3, -0.25) is 4.79 Å². The largest absolute Gasteiger partial charge is 0.493 e. The van der Waals surface area contributed by atoms with Crippen molar-refractivity contribution in [3.05, 3.63) is 59.4 Å². The summed E-state index contributed by atoms with van der Waals surface area (Å²) in [5.41, 5.74) is 1.72. The first-order valence-electron chi connectivity index (χ1n) is 7.99. The molecule has 0 bridgehead atoms. The van der Waals surface area contributed by atoms with E-state index in [0.717, 1.165) is 11.1 Å². The Morgan fingerprint density at radius 1 is 1.16 bits per heavy atom. The van der Waals surface area contributed by atoms with E-state index >= 15 is 0 Å². The number of hydrogen-bond acceptors (Lipinski definition) is 3. The Hall–Kier alpha value is -2.82. The van der Waals surface area contributed by atoms with Gasteiger partial charge in [0.2, 0.25) is 5.91 Å². The number of nitrogens with one attached hydrogen (secondary N) is 1. The highest BCUT2D eigenvalue weighted by Crippen LogP contribution is 2.29. The van der Waals surface area contributed by atoms with Gasteiger partial charge in [-0.2, -0.15) is 0 Å². The number of methoxy groups -OCH3 is 1.